The minimum absolute atomic E-state index is 0.0847. The fraction of sp³-hybridized carbons (Fsp3) is 0.379. The van der Waals surface area contributed by atoms with Crippen LogP contribution in [0.2, 0.25) is 0 Å². The molecule has 1 aliphatic carbocycles. The molecular weight excluding hydrogens is 884 g/mol. The first-order valence-electron chi connectivity index (χ1n) is 23.2. The second-order valence-corrected chi connectivity index (χ2v) is 36.2. The van der Waals surface area contributed by atoms with Crippen molar-refractivity contribution >= 4 is 14.2 Å². The molecule has 3 unspecified atom stereocenters. The molecule has 0 amide bonds. The van der Waals surface area contributed by atoms with Gasteiger partial charge in [0.1, 0.15) is 0 Å². The molecule has 1 saturated carbocycles. The molecular formula is C58H68O2S2Zr. The zero-order valence-corrected chi connectivity index (χ0v) is 43.0. The molecule has 328 valence electrons. The summed E-state index contributed by atoms with van der Waals surface area (Å²) in [6.07, 6.45) is 7.88. The first kappa shape index (κ1) is 46.0. The van der Waals surface area contributed by atoms with Gasteiger partial charge < -0.3 is 0 Å². The van der Waals surface area contributed by atoms with Crippen LogP contribution in [0.25, 0.3) is 0 Å². The summed E-state index contributed by atoms with van der Waals surface area (Å²) in [5.74, 6) is 2.91. The number of rotatable bonds is 10. The van der Waals surface area contributed by atoms with Crippen molar-refractivity contribution < 1.29 is 29.4 Å². The molecule has 4 atom stereocenters. The van der Waals surface area contributed by atoms with Crippen molar-refractivity contribution in [3.05, 3.63) is 201 Å². The third-order valence-corrected chi connectivity index (χ3v) is 36.1. The van der Waals surface area contributed by atoms with Gasteiger partial charge in [-0.05, 0) is 0 Å². The van der Waals surface area contributed by atoms with Crippen LogP contribution in [0.1, 0.15) is 150 Å². The van der Waals surface area contributed by atoms with Crippen molar-refractivity contribution in [3.8, 4) is 11.5 Å². The first-order chi connectivity index (χ1) is 30.1. The molecule has 8 rings (SSSR count). The van der Waals surface area contributed by atoms with Crippen molar-refractivity contribution in [2.75, 3.05) is 0 Å². The first-order valence-corrected chi connectivity index (χ1v) is 32.1. The van der Waals surface area contributed by atoms with E-state index in [9.17, 15) is 10.2 Å². The van der Waals surface area contributed by atoms with Gasteiger partial charge in [-0.15, -0.1) is 0 Å². The summed E-state index contributed by atoms with van der Waals surface area (Å²) in [5, 5.41) is 27.0. The van der Waals surface area contributed by atoms with E-state index in [1.54, 1.807) is 0 Å². The van der Waals surface area contributed by atoms with Gasteiger partial charge in [-0.2, -0.15) is 0 Å². The number of phenols is 2. The quantitative estimate of drug-likeness (QED) is 0.134. The molecule has 6 aromatic rings. The molecule has 0 bridgehead atoms. The van der Waals surface area contributed by atoms with Crippen LogP contribution in [0.5, 0.6) is 11.5 Å². The third-order valence-electron chi connectivity index (χ3n) is 14.3. The van der Waals surface area contributed by atoms with Crippen molar-refractivity contribution in [2.24, 2.45) is 0 Å². The number of hydrogen-bond donors (Lipinski definition) is 2. The Kier molecular flexibility index (Phi) is 13.7. The second-order valence-electron chi connectivity index (χ2n) is 20.6. The van der Waals surface area contributed by atoms with Gasteiger partial charge in [-0.25, -0.2) is 0 Å². The molecule has 6 aromatic carbocycles. The fourth-order valence-corrected chi connectivity index (χ4v) is 39.1. The topological polar surface area (TPSA) is 40.5 Å². The number of phenolic OH excluding ortho intramolecular Hbond substituents is 2. The Morgan fingerprint density at radius 2 is 0.730 bits per heavy atom. The molecule has 0 saturated heterocycles. The summed E-state index contributed by atoms with van der Waals surface area (Å²) in [6, 6.07) is 52.6. The van der Waals surface area contributed by atoms with E-state index in [1.165, 1.54) is 71.9 Å². The molecule has 63 heavy (non-hydrogen) atoms. The van der Waals surface area contributed by atoms with Gasteiger partial charge in [-0.3, -0.25) is 0 Å². The zero-order chi connectivity index (χ0) is 44.6. The maximum atomic E-state index is 12.8. The van der Waals surface area contributed by atoms with Crippen LogP contribution >= 0.6 is 14.2 Å². The monoisotopic (exact) mass is 950 g/mol. The minimum atomic E-state index is -1.01. The van der Waals surface area contributed by atoms with Gasteiger partial charge >= 0.3 is 394 Å². The standard InChI is InChI=1S/C58H68O2S2.Zr/c1-55(2,3)47-35-41(53(59)49(37-47)57(7,43-25-15-11-16-26-43)44-27-17-12-18-28-44)39-61-51-33-23-9-10-24-34-52(51)62-40-42-36-48(56(4,5)6)38-50(54(42)60)58(8,45-29-19-13-20-30-45)46-31-21-14-22-32-46;/h11-22,25-32,35-38,51-52,59-60H,9-10,23-24,33-34,39-40H2,1-8H3;/t51-,52?;/m0./s1. The van der Waals surface area contributed by atoms with Gasteiger partial charge in [0, 0.05) is 0 Å². The van der Waals surface area contributed by atoms with Crippen LogP contribution in [0.15, 0.2) is 146 Å². The molecule has 0 spiro atoms. The van der Waals surface area contributed by atoms with E-state index < -0.39 is 30.0 Å². The number of benzene rings is 6. The normalized spacial score (nSPS) is 19.6. The molecule has 5 heteroatoms. The van der Waals surface area contributed by atoms with Crippen LogP contribution in [-0.4, -0.2) is 20.7 Å². The number of hydrogen-bond acceptors (Lipinski definition) is 2. The molecule has 1 heterocycles. The zero-order valence-electron chi connectivity index (χ0n) is 38.9. The summed E-state index contributed by atoms with van der Waals surface area (Å²) >= 11 is -1.01. The van der Waals surface area contributed by atoms with E-state index in [1.807, 2.05) is 0 Å². The maximum absolute atomic E-state index is 12.8. The van der Waals surface area contributed by atoms with Crippen molar-refractivity contribution in [1.29, 1.82) is 0 Å². The summed E-state index contributed by atoms with van der Waals surface area (Å²) in [4.78, 5) is 0. The summed E-state index contributed by atoms with van der Waals surface area (Å²) in [5.41, 5.74) is 10.4. The van der Waals surface area contributed by atoms with Crippen LogP contribution < -0.4 is 0 Å². The Labute approximate surface area is 390 Å². The van der Waals surface area contributed by atoms with E-state index in [0.29, 0.717) is 22.0 Å². The Bertz CT molecular complexity index is 2360. The van der Waals surface area contributed by atoms with Crippen molar-refractivity contribution in [1.82, 2.24) is 0 Å². The fourth-order valence-electron chi connectivity index (χ4n) is 10.2. The van der Waals surface area contributed by atoms with Crippen LogP contribution in [0, 0.1) is 0 Å². The number of fused-ring (bicyclic) bond motifs is 1. The summed E-state index contributed by atoms with van der Waals surface area (Å²) in [6.45, 7) is 18.5. The third kappa shape index (κ3) is 9.33. The van der Waals surface area contributed by atoms with E-state index in [0.717, 1.165) is 33.8 Å². The van der Waals surface area contributed by atoms with E-state index >= 15 is 0 Å². The Balaban J connectivity index is 1.29. The molecule has 1 aliphatic heterocycles. The summed E-state index contributed by atoms with van der Waals surface area (Å²) < 4.78 is 0. The van der Waals surface area contributed by atoms with E-state index in [4.69, 9.17) is 0 Å². The van der Waals surface area contributed by atoms with Gasteiger partial charge in [0.2, 0.25) is 0 Å². The van der Waals surface area contributed by atoms with Gasteiger partial charge in [0.25, 0.3) is 0 Å². The Hall–Kier alpha value is -3.50. The van der Waals surface area contributed by atoms with E-state index in [-0.39, 0.29) is 25.1 Å². The Morgan fingerprint density at radius 3 is 1.02 bits per heavy atom. The van der Waals surface area contributed by atoms with Crippen LogP contribution in [0.3, 0.4) is 0 Å². The Morgan fingerprint density at radius 1 is 0.429 bits per heavy atom. The molecule has 2 aliphatic rings. The van der Waals surface area contributed by atoms with Crippen LogP contribution in [-0.2, 0) is 52.3 Å². The average Bonchev–Trinajstić information content (AvgIpc) is 3.57. The summed E-state index contributed by atoms with van der Waals surface area (Å²) in [7, 11) is 0.486. The molecule has 2 nitrogen and oxygen atoms in total. The SMILES string of the molecule is CC(C)(C)c1cc(C[S]2=[Zr]=[S](Cc3cc(C(C)(C)C)cc(C(C)(c4ccccc4)c4ccccc4)c3O)[C@H]3CCCCCCC32)c(O)c(C(C)(c2ccccc2)c2ccccc2)c1. The predicted molar refractivity (Wildman–Crippen MR) is 268 cm³/mol. The van der Waals surface area contributed by atoms with Crippen LogP contribution in [0.4, 0.5) is 0 Å². The van der Waals surface area contributed by atoms with Crippen molar-refractivity contribution in [2.45, 2.75) is 138 Å². The van der Waals surface area contributed by atoms with Gasteiger partial charge in [0.05, 0.1) is 0 Å². The van der Waals surface area contributed by atoms with Gasteiger partial charge in [0.15, 0.2) is 0 Å². The molecule has 0 radical (unpaired) electrons. The number of aromatic hydroxyl groups is 2. The predicted octanol–water partition coefficient (Wildman–Crippen LogP) is 15.7. The average molecular weight is 953 g/mol. The van der Waals surface area contributed by atoms with Gasteiger partial charge in [-0.1, -0.05) is 0 Å². The second kappa shape index (κ2) is 18.8. The van der Waals surface area contributed by atoms with Crippen molar-refractivity contribution in [3.63, 3.8) is 0 Å². The molecule has 0 aromatic heterocycles. The van der Waals surface area contributed by atoms with E-state index in [2.05, 4.69) is 201 Å². The molecule has 1 fully saturated rings. The molecule has 2 N–H and O–H groups in total.